The van der Waals surface area contributed by atoms with Crippen molar-refractivity contribution in [2.24, 2.45) is 0 Å². The number of hydrogen-bond acceptors (Lipinski definition) is 5. The predicted molar refractivity (Wildman–Crippen MR) is 145 cm³/mol. The van der Waals surface area contributed by atoms with E-state index in [0.717, 1.165) is 25.9 Å². The van der Waals surface area contributed by atoms with Crippen LogP contribution in [0.2, 0.25) is 0 Å². The molecule has 0 aromatic carbocycles. The van der Waals surface area contributed by atoms with Crippen LogP contribution in [0.15, 0.2) is 0 Å². The van der Waals surface area contributed by atoms with Gasteiger partial charge in [0.15, 0.2) is 0 Å². The van der Waals surface area contributed by atoms with Gasteiger partial charge in [-0.25, -0.2) is 0 Å². The molecule has 0 amide bonds. The standard InChI is InChI=1S/C27H56O3.H2O4S/c1-3-5-7-9-11-13-15-17-19-21-23-27(26(29)25-28)30-24-22-20-18-16-14-12-10-8-6-4-2;1-5(2,3)4/h26-29H,3-25H2,1-2H3;(H2,1,2,3,4). The lowest BCUT2D eigenvalue weighted by Crippen LogP contribution is -2.32. The summed E-state index contributed by atoms with van der Waals surface area (Å²) in [6, 6.07) is 0. The van der Waals surface area contributed by atoms with Gasteiger partial charge in [-0.3, -0.25) is 9.11 Å². The molecule has 2 unspecified atom stereocenters. The van der Waals surface area contributed by atoms with Crippen LogP contribution < -0.4 is 0 Å². The van der Waals surface area contributed by atoms with E-state index in [-0.39, 0.29) is 12.7 Å². The lowest BCUT2D eigenvalue weighted by atomic mass is 10.0. The minimum absolute atomic E-state index is 0.192. The highest BCUT2D eigenvalue weighted by atomic mass is 32.3. The lowest BCUT2D eigenvalue weighted by Gasteiger charge is -2.22. The maximum absolute atomic E-state index is 10.0. The maximum atomic E-state index is 10.0. The molecule has 0 aromatic heterocycles. The van der Waals surface area contributed by atoms with Crippen LogP contribution in [0.3, 0.4) is 0 Å². The molecule has 0 aliphatic heterocycles. The van der Waals surface area contributed by atoms with Gasteiger partial charge in [0.25, 0.3) is 0 Å². The fourth-order valence-electron chi connectivity index (χ4n) is 4.16. The molecular formula is C27H58O7S. The van der Waals surface area contributed by atoms with Crippen molar-refractivity contribution in [2.45, 2.75) is 161 Å². The Kier molecular flexibility index (Phi) is 29.9. The Balaban J connectivity index is 0. The number of unbranched alkanes of at least 4 members (excludes halogenated alkanes) is 18. The Morgan fingerprint density at radius 2 is 0.914 bits per heavy atom. The minimum Gasteiger partial charge on any atom is -0.394 e. The van der Waals surface area contributed by atoms with Gasteiger partial charge in [-0.05, 0) is 12.8 Å². The molecule has 0 aliphatic rings. The van der Waals surface area contributed by atoms with E-state index in [9.17, 15) is 10.2 Å². The van der Waals surface area contributed by atoms with Crippen LogP contribution in [0.5, 0.6) is 0 Å². The third-order valence-electron chi connectivity index (χ3n) is 6.29. The first-order valence-corrected chi connectivity index (χ1v) is 15.8. The van der Waals surface area contributed by atoms with Crippen LogP contribution in [0.4, 0.5) is 0 Å². The topological polar surface area (TPSA) is 124 Å². The highest BCUT2D eigenvalue weighted by molar-refractivity contribution is 7.79. The summed E-state index contributed by atoms with van der Waals surface area (Å²) < 4.78 is 37.5. The van der Waals surface area contributed by atoms with Gasteiger partial charge >= 0.3 is 10.4 Å². The first-order valence-electron chi connectivity index (χ1n) is 14.4. The van der Waals surface area contributed by atoms with Crippen molar-refractivity contribution < 1.29 is 32.5 Å². The molecule has 0 fully saturated rings. The molecule has 2 atom stereocenters. The van der Waals surface area contributed by atoms with Crippen molar-refractivity contribution in [2.75, 3.05) is 13.2 Å². The van der Waals surface area contributed by atoms with Gasteiger partial charge in [0.05, 0.1) is 12.7 Å². The van der Waals surface area contributed by atoms with Gasteiger partial charge < -0.3 is 14.9 Å². The molecule has 7 nitrogen and oxygen atoms in total. The summed E-state index contributed by atoms with van der Waals surface area (Å²) in [5, 5.41) is 19.4. The number of ether oxygens (including phenoxy) is 1. The van der Waals surface area contributed by atoms with Crippen LogP contribution in [0.1, 0.15) is 149 Å². The Morgan fingerprint density at radius 1 is 0.600 bits per heavy atom. The molecule has 0 radical (unpaired) electrons. The van der Waals surface area contributed by atoms with Crippen molar-refractivity contribution in [1.82, 2.24) is 0 Å². The van der Waals surface area contributed by atoms with Crippen molar-refractivity contribution in [3.05, 3.63) is 0 Å². The second-order valence-corrected chi connectivity index (χ2v) is 10.7. The predicted octanol–water partition coefficient (Wildman–Crippen LogP) is 7.30. The SMILES string of the molecule is CCCCCCCCCCCCOC(CCCCCCCCCCCC)C(O)CO.O=S(=O)(O)O. The van der Waals surface area contributed by atoms with Gasteiger partial charge in [-0.2, -0.15) is 8.42 Å². The summed E-state index contributed by atoms with van der Waals surface area (Å²) in [6.45, 7) is 5.06. The Morgan fingerprint density at radius 3 is 1.26 bits per heavy atom. The highest BCUT2D eigenvalue weighted by Crippen LogP contribution is 2.16. The fourth-order valence-corrected chi connectivity index (χ4v) is 4.16. The second kappa shape index (κ2) is 28.3. The van der Waals surface area contributed by atoms with Crippen LogP contribution in [-0.4, -0.2) is 53.2 Å². The zero-order valence-corrected chi connectivity index (χ0v) is 23.7. The molecule has 0 aromatic rings. The molecule has 0 bridgehead atoms. The first-order chi connectivity index (χ1) is 16.8. The van der Waals surface area contributed by atoms with E-state index in [1.807, 2.05) is 0 Å². The summed E-state index contributed by atoms with van der Waals surface area (Å²) >= 11 is 0. The average Bonchev–Trinajstić information content (AvgIpc) is 2.80. The summed E-state index contributed by atoms with van der Waals surface area (Å²) in [5.41, 5.74) is 0. The molecule has 0 spiro atoms. The van der Waals surface area contributed by atoms with Crippen molar-refractivity contribution in [3.8, 4) is 0 Å². The quantitative estimate of drug-likeness (QED) is 0.0726. The molecule has 0 rings (SSSR count). The van der Waals surface area contributed by atoms with Crippen LogP contribution in [-0.2, 0) is 15.1 Å². The van der Waals surface area contributed by atoms with Crippen molar-refractivity contribution in [1.29, 1.82) is 0 Å². The fraction of sp³-hybridized carbons (Fsp3) is 1.00. The van der Waals surface area contributed by atoms with Gasteiger partial charge in [0.2, 0.25) is 0 Å². The average molecular weight is 527 g/mol. The monoisotopic (exact) mass is 526 g/mol. The van der Waals surface area contributed by atoms with E-state index < -0.39 is 16.5 Å². The molecule has 4 N–H and O–H groups in total. The zero-order valence-electron chi connectivity index (χ0n) is 22.8. The lowest BCUT2D eigenvalue weighted by molar-refractivity contribution is -0.0629. The molecule has 0 saturated carbocycles. The normalized spacial score (nSPS) is 13.3. The number of aliphatic hydroxyl groups excluding tert-OH is 2. The van der Waals surface area contributed by atoms with Crippen molar-refractivity contribution in [3.63, 3.8) is 0 Å². The summed E-state index contributed by atoms with van der Waals surface area (Å²) in [4.78, 5) is 0. The van der Waals surface area contributed by atoms with E-state index >= 15 is 0 Å². The summed E-state index contributed by atoms with van der Waals surface area (Å²) in [6.07, 6.45) is 26.3. The van der Waals surface area contributed by atoms with Crippen LogP contribution in [0.25, 0.3) is 0 Å². The van der Waals surface area contributed by atoms with Gasteiger partial charge in [0.1, 0.15) is 6.10 Å². The molecule has 0 saturated heterocycles. The van der Waals surface area contributed by atoms with Crippen molar-refractivity contribution >= 4 is 10.4 Å². The van der Waals surface area contributed by atoms with Gasteiger partial charge in [-0.15, -0.1) is 0 Å². The Hall–Kier alpha value is -0.250. The summed E-state index contributed by atoms with van der Waals surface area (Å²) in [7, 11) is -4.67. The highest BCUT2D eigenvalue weighted by Gasteiger charge is 2.18. The van der Waals surface area contributed by atoms with E-state index in [4.69, 9.17) is 22.3 Å². The number of hydrogen-bond donors (Lipinski definition) is 4. The molecule has 35 heavy (non-hydrogen) atoms. The maximum Gasteiger partial charge on any atom is 0.394 e. The number of rotatable bonds is 25. The molecule has 0 aliphatic carbocycles. The van der Waals surface area contributed by atoms with E-state index in [0.29, 0.717) is 0 Å². The summed E-state index contributed by atoms with van der Waals surface area (Å²) in [5.74, 6) is 0. The smallest absolute Gasteiger partial charge is 0.394 e. The van der Waals surface area contributed by atoms with Crippen LogP contribution in [0, 0.1) is 0 Å². The molecule has 214 valence electrons. The minimum atomic E-state index is -4.67. The van der Waals surface area contributed by atoms with Gasteiger partial charge in [0, 0.05) is 6.61 Å². The Labute approximate surface area is 217 Å². The molecule has 8 heteroatoms. The first kappa shape index (κ1) is 36.9. The van der Waals surface area contributed by atoms with E-state index in [1.165, 1.54) is 116 Å². The molecular weight excluding hydrogens is 468 g/mol. The van der Waals surface area contributed by atoms with Gasteiger partial charge in [-0.1, -0.05) is 136 Å². The van der Waals surface area contributed by atoms with E-state index in [1.54, 1.807) is 0 Å². The third-order valence-corrected chi connectivity index (χ3v) is 6.29. The Bertz CT molecular complexity index is 492. The molecule has 0 heterocycles. The van der Waals surface area contributed by atoms with Crippen LogP contribution >= 0.6 is 0 Å². The third kappa shape index (κ3) is 36.0. The second-order valence-electron chi connectivity index (χ2n) is 9.76. The number of aliphatic hydroxyl groups is 2. The van der Waals surface area contributed by atoms with E-state index in [2.05, 4.69) is 13.8 Å². The largest absolute Gasteiger partial charge is 0.394 e. The zero-order chi connectivity index (χ0) is 26.6.